The van der Waals surface area contributed by atoms with Gasteiger partial charge >= 0.3 is 0 Å². The lowest BCUT2D eigenvalue weighted by Gasteiger charge is -2.19. The van der Waals surface area contributed by atoms with E-state index in [0.29, 0.717) is 17.0 Å². The molecule has 0 saturated heterocycles. The lowest BCUT2D eigenvalue weighted by Crippen LogP contribution is -2.25. The van der Waals surface area contributed by atoms with Crippen molar-refractivity contribution in [2.24, 2.45) is 0 Å². The topological polar surface area (TPSA) is 89.7 Å². The molecule has 1 aromatic carbocycles. The molecule has 0 saturated carbocycles. The molecule has 1 aliphatic heterocycles. The predicted molar refractivity (Wildman–Crippen MR) is 135 cm³/mol. The zero-order chi connectivity index (χ0) is 24.0. The maximum Gasteiger partial charge on any atom is 0.276 e. The van der Waals surface area contributed by atoms with Crippen LogP contribution in [0.2, 0.25) is 0 Å². The number of aromatic nitrogens is 5. The van der Waals surface area contributed by atoms with E-state index in [4.69, 9.17) is 4.98 Å². The van der Waals surface area contributed by atoms with Crippen LogP contribution in [0.25, 0.3) is 16.7 Å². The van der Waals surface area contributed by atoms with Crippen LogP contribution >= 0.6 is 0 Å². The van der Waals surface area contributed by atoms with E-state index in [1.165, 1.54) is 11.1 Å². The van der Waals surface area contributed by atoms with Gasteiger partial charge < -0.3 is 10.6 Å². The Morgan fingerprint density at radius 1 is 1.09 bits per heavy atom. The number of rotatable bonds is 4. The zero-order valence-corrected chi connectivity index (χ0v) is 20.4. The van der Waals surface area contributed by atoms with E-state index < -0.39 is 0 Å². The molecule has 176 valence electrons. The number of benzene rings is 1. The normalized spacial score (nSPS) is 13.9. The molecule has 0 fully saturated rings. The lowest BCUT2D eigenvalue weighted by atomic mass is 9.96. The van der Waals surface area contributed by atoms with Crippen LogP contribution in [0.3, 0.4) is 0 Å². The first-order valence-electron chi connectivity index (χ1n) is 11.8. The summed E-state index contributed by atoms with van der Waals surface area (Å²) >= 11 is 0. The van der Waals surface area contributed by atoms with Crippen molar-refractivity contribution in [3.63, 3.8) is 0 Å². The molecule has 0 radical (unpaired) electrons. The van der Waals surface area contributed by atoms with E-state index in [-0.39, 0.29) is 17.0 Å². The number of fused-ring (bicyclic) bond motifs is 2. The third-order valence-corrected chi connectivity index (χ3v) is 6.15. The molecule has 8 nitrogen and oxygen atoms in total. The highest BCUT2D eigenvalue weighted by molar-refractivity contribution is 5.82. The van der Waals surface area contributed by atoms with Gasteiger partial charge in [0.25, 0.3) is 5.56 Å². The molecule has 0 spiro atoms. The van der Waals surface area contributed by atoms with Gasteiger partial charge in [-0.2, -0.15) is 0 Å². The number of pyridine rings is 1. The van der Waals surface area contributed by atoms with Gasteiger partial charge in [-0.05, 0) is 50.1 Å². The summed E-state index contributed by atoms with van der Waals surface area (Å²) in [7, 11) is 0. The second-order valence-electron chi connectivity index (χ2n) is 10.2. The molecule has 5 rings (SSSR count). The molecule has 34 heavy (non-hydrogen) atoms. The van der Waals surface area contributed by atoms with Crippen LogP contribution in [0.4, 0.5) is 11.5 Å². The van der Waals surface area contributed by atoms with Gasteiger partial charge in [0.1, 0.15) is 11.6 Å². The van der Waals surface area contributed by atoms with E-state index in [2.05, 4.69) is 59.6 Å². The fraction of sp³-hybridized carbons (Fsp3) is 0.385. The van der Waals surface area contributed by atoms with Crippen LogP contribution in [0.1, 0.15) is 57.6 Å². The molecular formula is C26H31N7O. The minimum Gasteiger partial charge on any atom is -0.340 e. The summed E-state index contributed by atoms with van der Waals surface area (Å²) in [4.78, 5) is 27.2. The van der Waals surface area contributed by atoms with Gasteiger partial charge in [0, 0.05) is 48.2 Å². The van der Waals surface area contributed by atoms with Crippen LogP contribution in [-0.4, -0.2) is 30.9 Å². The van der Waals surface area contributed by atoms with Crippen molar-refractivity contribution in [1.82, 2.24) is 29.6 Å². The first-order chi connectivity index (χ1) is 16.2. The number of hydrogen-bond acceptors (Lipinski definition) is 6. The molecule has 3 aromatic heterocycles. The smallest absolute Gasteiger partial charge is 0.276 e. The molecular weight excluding hydrogens is 426 g/mol. The molecule has 0 amide bonds. The molecule has 0 aliphatic carbocycles. The van der Waals surface area contributed by atoms with Crippen LogP contribution in [0, 0.1) is 0 Å². The van der Waals surface area contributed by atoms with Crippen molar-refractivity contribution in [2.45, 2.75) is 59.0 Å². The maximum absolute atomic E-state index is 13.3. The van der Waals surface area contributed by atoms with E-state index >= 15 is 0 Å². The first kappa shape index (κ1) is 22.3. The van der Waals surface area contributed by atoms with Crippen LogP contribution < -0.4 is 16.2 Å². The Bertz CT molecular complexity index is 1430. The summed E-state index contributed by atoms with van der Waals surface area (Å²) < 4.78 is 3.62. The summed E-state index contributed by atoms with van der Waals surface area (Å²) in [6.07, 6.45) is 4.46. The maximum atomic E-state index is 13.3. The summed E-state index contributed by atoms with van der Waals surface area (Å²) in [6, 6.07) is 10.1. The Hall–Kier alpha value is -3.52. The molecule has 0 bridgehead atoms. The molecule has 4 aromatic rings. The fourth-order valence-electron chi connectivity index (χ4n) is 4.42. The Morgan fingerprint density at radius 2 is 1.91 bits per heavy atom. The van der Waals surface area contributed by atoms with E-state index in [9.17, 15) is 4.79 Å². The Balaban J connectivity index is 1.63. The Labute approximate surface area is 199 Å². The van der Waals surface area contributed by atoms with E-state index in [1.54, 1.807) is 17.1 Å². The van der Waals surface area contributed by atoms with Crippen LogP contribution in [0.15, 0.2) is 47.5 Å². The van der Waals surface area contributed by atoms with Crippen molar-refractivity contribution >= 4 is 22.4 Å². The highest BCUT2D eigenvalue weighted by Gasteiger charge is 2.22. The highest BCUT2D eigenvalue weighted by atomic mass is 16.1. The number of hydrogen-bond donors (Lipinski definition) is 2. The highest BCUT2D eigenvalue weighted by Crippen LogP contribution is 2.26. The third-order valence-electron chi connectivity index (χ3n) is 6.15. The van der Waals surface area contributed by atoms with Gasteiger partial charge in [-0.25, -0.2) is 24.3 Å². The second kappa shape index (κ2) is 8.36. The van der Waals surface area contributed by atoms with E-state index in [0.717, 1.165) is 36.5 Å². The van der Waals surface area contributed by atoms with Gasteiger partial charge in [0.15, 0.2) is 5.82 Å². The molecule has 0 unspecified atom stereocenters. The average molecular weight is 458 g/mol. The Kier molecular flexibility index (Phi) is 5.48. The molecule has 8 heteroatoms. The first-order valence-corrected chi connectivity index (χ1v) is 11.8. The quantitative estimate of drug-likeness (QED) is 0.476. The van der Waals surface area contributed by atoms with Gasteiger partial charge in [0.2, 0.25) is 0 Å². The van der Waals surface area contributed by atoms with Crippen molar-refractivity contribution < 1.29 is 0 Å². The number of anilines is 2. The summed E-state index contributed by atoms with van der Waals surface area (Å²) in [5.41, 5.74) is 4.12. The van der Waals surface area contributed by atoms with Crippen molar-refractivity contribution in [3.05, 3.63) is 70.0 Å². The molecule has 2 N–H and O–H groups in total. The van der Waals surface area contributed by atoms with Crippen LogP contribution in [-0.2, 0) is 18.4 Å². The zero-order valence-electron chi connectivity index (χ0n) is 20.4. The fourth-order valence-corrected chi connectivity index (χ4v) is 4.42. The summed E-state index contributed by atoms with van der Waals surface area (Å²) in [6.45, 7) is 12.1. The van der Waals surface area contributed by atoms with Crippen molar-refractivity contribution in [1.29, 1.82) is 0 Å². The minimum atomic E-state index is -0.211. The second-order valence-corrected chi connectivity index (χ2v) is 10.2. The third kappa shape index (κ3) is 3.98. The standard InChI is InChI=1S/C26H31N7O/c1-16(2)32-24(34)20-15-29-22(30-19-7-6-17-8-10-27-14-18(17)12-19)13-21(20)33(32)23-9-11-28-25(31-23)26(3,4)5/h6-7,9,11-13,15-16,27H,8,10,14H2,1-5H3,(H,29,30). The molecule has 1 aliphatic rings. The SMILES string of the molecule is CC(C)n1c(=O)c2cnc(Nc3ccc4c(c3)CNCC4)cc2n1-c1ccnc(C(C)(C)C)n1. The predicted octanol–water partition coefficient (Wildman–Crippen LogP) is 4.24. The van der Waals surface area contributed by atoms with Gasteiger partial charge in [-0.15, -0.1) is 0 Å². The van der Waals surface area contributed by atoms with Gasteiger partial charge in [-0.3, -0.25) is 4.79 Å². The van der Waals surface area contributed by atoms with Crippen molar-refractivity contribution in [2.75, 3.05) is 11.9 Å². The lowest BCUT2D eigenvalue weighted by molar-refractivity contribution is 0.468. The monoisotopic (exact) mass is 457 g/mol. The summed E-state index contributed by atoms with van der Waals surface area (Å²) in [5.74, 6) is 2.07. The minimum absolute atomic E-state index is 0.0579. The number of nitrogens with one attached hydrogen (secondary N) is 2. The largest absolute Gasteiger partial charge is 0.340 e. The average Bonchev–Trinajstić information content (AvgIpc) is 3.10. The molecule has 0 atom stereocenters. The number of nitrogens with zero attached hydrogens (tertiary/aromatic N) is 5. The molecule has 4 heterocycles. The van der Waals surface area contributed by atoms with E-state index in [1.807, 2.05) is 30.7 Å². The van der Waals surface area contributed by atoms with Gasteiger partial charge in [-0.1, -0.05) is 26.8 Å². The van der Waals surface area contributed by atoms with Crippen molar-refractivity contribution in [3.8, 4) is 5.82 Å². The van der Waals surface area contributed by atoms with Crippen LogP contribution in [0.5, 0.6) is 0 Å². The summed E-state index contributed by atoms with van der Waals surface area (Å²) in [5, 5.41) is 7.40. The van der Waals surface area contributed by atoms with Gasteiger partial charge in [0.05, 0.1) is 10.9 Å². The Morgan fingerprint density at radius 3 is 2.68 bits per heavy atom.